The second-order valence-corrected chi connectivity index (χ2v) is 5.09. The molecular formula is C12H24N2O3. The van der Waals surface area contributed by atoms with Gasteiger partial charge in [0.25, 0.3) is 0 Å². The van der Waals surface area contributed by atoms with Crippen molar-refractivity contribution in [3.8, 4) is 0 Å². The zero-order valence-corrected chi connectivity index (χ0v) is 11.1. The molecule has 1 N–H and O–H groups in total. The van der Waals surface area contributed by atoms with Gasteiger partial charge in [-0.3, -0.25) is 4.90 Å². The Bertz CT molecular complexity index is 243. The number of hydrogen-bond donors (Lipinski definition) is 1. The Morgan fingerprint density at radius 3 is 2.35 bits per heavy atom. The van der Waals surface area contributed by atoms with Crippen LogP contribution in [0.1, 0.15) is 27.2 Å². The number of aliphatic hydroxyl groups is 1. The smallest absolute Gasteiger partial charge is 0.409 e. The van der Waals surface area contributed by atoms with E-state index in [1.165, 1.54) is 0 Å². The summed E-state index contributed by atoms with van der Waals surface area (Å²) in [5.41, 5.74) is -0.613. The molecule has 1 heterocycles. The number of ether oxygens (including phenoxy) is 1. The van der Waals surface area contributed by atoms with E-state index in [1.54, 1.807) is 4.90 Å². The van der Waals surface area contributed by atoms with Crippen molar-refractivity contribution in [1.82, 2.24) is 9.80 Å². The number of amides is 1. The highest BCUT2D eigenvalue weighted by molar-refractivity contribution is 5.67. The molecule has 0 aromatic carbocycles. The minimum atomic E-state index is -0.613. The molecule has 1 fully saturated rings. The number of rotatable bonds is 4. The van der Waals surface area contributed by atoms with E-state index < -0.39 is 5.60 Å². The maximum absolute atomic E-state index is 11.5. The molecule has 0 saturated carbocycles. The molecule has 100 valence electrons. The molecule has 0 radical (unpaired) electrons. The standard InChI is InChI=1S/C12H24N2O3/c1-4-17-11(15)14-9-7-13(8-10-14)6-5-12(2,3)16/h16H,4-10H2,1-3H3. The van der Waals surface area contributed by atoms with Crippen LogP contribution in [-0.4, -0.2) is 65.9 Å². The first-order valence-electron chi connectivity index (χ1n) is 6.29. The van der Waals surface area contributed by atoms with Crippen LogP contribution in [0.5, 0.6) is 0 Å². The normalized spacial score (nSPS) is 18.2. The first kappa shape index (κ1) is 14.3. The molecule has 0 aliphatic carbocycles. The van der Waals surface area contributed by atoms with Crippen LogP contribution in [0.4, 0.5) is 4.79 Å². The summed E-state index contributed by atoms with van der Waals surface area (Å²) < 4.78 is 4.96. The highest BCUT2D eigenvalue weighted by Crippen LogP contribution is 2.10. The Kier molecular flexibility index (Phi) is 5.21. The first-order chi connectivity index (χ1) is 7.92. The maximum Gasteiger partial charge on any atom is 0.409 e. The first-order valence-corrected chi connectivity index (χ1v) is 6.29. The predicted molar refractivity (Wildman–Crippen MR) is 65.9 cm³/mol. The van der Waals surface area contributed by atoms with Gasteiger partial charge in [-0.2, -0.15) is 0 Å². The lowest BCUT2D eigenvalue weighted by molar-refractivity contribution is 0.0435. The number of carbonyl (C=O) groups excluding carboxylic acids is 1. The number of nitrogens with zero attached hydrogens (tertiary/aromatic N) is 2. The van der Waals surface area contributed by atoms with E-state index in [4.69, 9.17) is 4.74 Å². The zero-order valence-electron chi connectivity index (χ0n) is 11.1. The monoisotopic (exact) mass is 244 g/mol. The Balaban J connectivity index is 2.24. The van der Waals surface area contributed by atoms with Gasteiger partial charge in [0.15, 0.2) is 0 Å². The second-order valence-electron chi connectivity index (χ2n) is 5.09. The molecule has 0 aromatic rings. The molecule has 5 heteroatoms. The molecule has 1 saturated heterocycles. The Labute approximate surface area is 103 Å². The summed E-state index contributed by atoms with van der Waals surface area (Å²) in [6, 6.07) is 0. The van der Waals surface area contributed by atoms with Crippen molar-refractivity contribution >= 4 is 6.09 Å². The second kappa shape index (κ2) is 6.21. The molecule has 0 unspecified atom stereocenters. The molecule has 5 nitrogen and oxygen atoms in total. The van der Waals surface area contributed by atoms with Crippen LogP contribution in [0.3, 0.4) is 0 Å². The summed E-state index contributed by atoms with van der Waals surface area (Å²) in [5.74, 6) is 0. The predicted octanol–water partition coefficient (Wildman–Crippen LogP) is 0.922. The average Bonchev–Trinajstić information content (AvgIpc) is 2.26. The van der Waals surface area contributed by atoms with Crippen molar-refractivity contribution in [2.75, 3.05) is 39.3 Å². The highest BCUT2D eigenvalue weighted by Gasteiger charge is 2.23. The molecule has 0 aromatic heterocycles. The lowest BCUT2D eigenvalue weighted by Gasteiger charge is -2.35. The van der Waals surface area contributed by atoms with Crippen molar-refractivity contribution < 1.29 is 14.6 Å². The van der Waals surface area contributed by atoms with Crippen LogP contribution in [0.15, 0.2) is 0 Å². The molecule has 0 bridgehead atoms. The van der Waals surface area contributed by atoms with Gasteiger partial charge < -0.3 is 14.7 Å². The highest BCUT2D eigenvalue weighted by atomic mass is 16.6. The lowest BCUT2D eigenvalue weighted by Crippen LogP contribution is -2.49. The van der Waals surface area contributed by atoms with Crippen LogP contribution >= 0.6 is 0 Å². The van der Waals surface area contributed by atoms with Crippen molar-refractivity contribution in [1.29, 1.82) is 0 Å². The van der Waals surface area contributed by atoms with E-state index in [0.717, 1.165) is 26.1 Å². The minimum Gasteiger partial charge on any atom is -0.450 e. The quantitative estimate of drug-likeness (QED) is 0.799. The van der Waals surface area contributed by atoms with Crippen LogP contribution in [0, 0.1) is 0 Å². The van der Waals surface area contributed by atoms with Crippen molar-refractivity contribution in [3.63, 3.8) is 0 Å². The average molecular weight is 244 g/mol. The van der Waals surface area contributed by atoms with E-state index in [9.17, 15) is 9.90 Å². The molecule has 0 spiro atoms. The summed E-state index contributed by atoms with van der Waals surface area (Å²) in [4.78, 5) is 15.5. The number of carbonyl (C=O) groups is 1. The Morgan fingerprint density at radius 2 is 1.88 bits per heavy atom. The van der Waals surface area contributed by atoms with Gasteiger partial charge in [0, 0.05) is 32.7 Å². The molecule has 1 rings (SSSR count). The van der Waals surface area contributed by atoms with Crippen molar-refractivity contribution in [3.05, 3.63) is 0 Å². The molecular weight excluding hydrogens is 220 g/mol. The summed E-state index contributed by atoms with van der Waals surface area (Å²) in [5, 5.41) is 9.65. The van der Waals surface area contributed by atoms with Crippen molar-refractivity contribution in [2.24, 2.45) is 0 Å². The largest absolute Gasteiger partial charge is 0.450 e. The maximum atomic E-state index is 11.5. The van der Waals surface area contributed by atoms with Gasteiger partial charge in [0.1, 0.15) is 0 Å². The van der Waals surface area contributed by atoms with Gasteiger partial charge in [0.05, 0.1) is 12.2 Å². The van der Waals surface area contributed by atoms with E-state index in [-0.39, 0.29) is 6.09 Å². The Hall–Kier alpha value is -0.810. The third kappa shape index (κ3) is 5.37. The third-order valence-electron chi connectivity index (χ3n) is 2.94. The van der Waals surface area contributed by atoms with E-state index in [1.807, 2.05) is 20.8 Å². The molecule has 1 aliphatic heterocycles. The summed E-state index contributed by atoms with van der Waals surface area (Å²) in [6.07, 6.45) is 0.543. The zero-order chi connectivity index (χ0) is 12.9. The van der Waals surface area contributed by atoms with E-state index in [2.05, 4.69) is 4.90 Å². The van der Waals surface area contributed by atoms with Crippen LogP contribution in [0.2, 0.25) is 0 Å². The van der Waals surface area contributed by atoms with E-state index >= 15 is 0 Å². The van der Waals surface area contributed by atoms with Gasteiger partial charge in [0.2, 0.25) is 0 Å². The van der Waals surface area contributed by atoms with Gasteiger partial charge in [-0.25, -0.2) is 4.79 Å². The minimum absolute atomic E-state index is 0.213. The number of piperazine rings is 1. The fraction of sp³-hybridized carbons (Fsp3) is 0.917. The molecule has 0 atom stereocenters. The Morgan fingerprint density at radius 1 is 1.29 bits per heavy atom. The van der Waals surface area contributed by atoms with Gasteiger partial charge in [-0.15, -0.1) is 0 Å². The van der Waals surface area contributed by atoms with Gasteiger partial charge in [-0.05, 0) is 27.2 Å². The van der Waals surface area contributed by atoms with Crippen molar-refractivity contribution in [2.45, 2.75) is 32.8 Å². The van der Waals surface area contributed by atoms with Crippen LogP contribution < -0.4 is 0 Å². The van der Waals surface area contributed by atoms with Crippen LogP contribution in [0.25, 0.3) is 0 Å². The topological polar surface area (TPSA) is 53.0 Å². The molecule has 1 aliphatic rings. The summed E-state index contributed by atoms with van der Waals surface area (Å²) in [7, 11) is 0. The summed E-state index contributed by atoms with van der Waals surface area (Å²) in [6.45, 7) is 9.90. The van der Waals surface area contributed by atoms with E-state index in [0.29, 0.717) is 19.7 Å². The summed E-state index contributed by atoms with van der Waals surface area (Å²) >= 11 is 0. The lowest BCUT2D eigenvalue weighted by atomic mass is 10.1. The SMILES string of the molecule is CCOC(=O)N1CCN(CCC(C)(C)O)CC1. The molecule has 17 heavy (non-hydrogen) atoms. The van der Waals surface area contributed by atoms with Gasteiger partial charge in [-0.1, -0.05) is 0 Å². The van der Waals surface area contributed by atoms with Gasteiger partial charge >= 0.3 is 6.09 Å². The third-order valence-corrected chi connectivity index (χ3v) is 2.94. The van der Waals surface area contributed by atoms with Crippen LogP contribution in [-0.2, 0) is 4.74 Å². The molecule has 1 amide bonds. The number of hydrogen-bond acceptors (Lipinski definition) is 4. The fourth-order valence-corrected chi connectivity index (χ4v) is 1.80. The fourth-order valence-electron chi connectivity index (χ4n) is 1.80.